The minimum atomic E-state index is -3.67. The number of carbonyl (C=O) groups excluding carboxylic acids is 2. The molecule has 2 amide bonds. The van der Waals surface area contributed by atoms with E-state index in [1.54, 1.807) is 11.0 Å². The first-order valence-corrected chi connectivity index (χ1v) is 13.6. The van der Waals surface area contributed by atoms with Crippen LogP contribution in [0.1, 0.15) is 45.1 Å². The van der Waals surface area contributed by atoms with Crippen LogP contribution in [0.25, 0.3) is 0 Å². The Hall–Kier alpha value is -2.91. The van der Waals surface area contributed by atoms with Crippen molar-refractivity contribution in [1.29, 1.82) is 0 Å². The Bertz CT molecular complexity index is 1160. The van der Waals surface area contributed by atoms with Gasteiger partial charge in [-0.1, -0.05) is 36.8 Å². The van der Waals surface area contributed by atoms with Crippen molar-refractivity contribution in [2.45, 2.75) is 57.1 Å². The summed E-state index contributed by atoms with van der Waals surface area (Å²) in [6.07, 6.45) is 2.66. The Labute approximate surface area is 207 Å². The molecule has 9 heteroatoms. The van der Waals surface area contributed by atoms with Crippen LogP contribution in [0.3, 0.4) is 0 Å². The van der Waals surface area contributed by atoms with Gasteiger partial charge in [-0.15, -0.1) is 0 Å². The number of nitrogens with zero attached hydrogens (tertiary/aromatic N) is 2. The van der Waals surface area contributed by atoms with Gasteiger partial charge in [0.15, 0.2) is 0 Å². The van der Waals surface area contributed by atoms with E-state index in [1.165, 1.54) is 16.4 Å². The van der Waals surface area contributed by atoms with Gasteiger partial charge in [0, 0.05) is 32.6 Å². The van der Waals surface area contributed by atoms with Crippen LogP contribution >= 0.6 is 0 Å². The molecule has 8 nitrogen and oxygen atoms in total. The highest BCUT2D eigenvalue weighted by Crippen LogP contribution is 2.32. The first kappa shape index (κ1) is 25.2. The van der Waals surface area contributed by atoms with Crippen LogP contribution < -0.4 is 10.1 Å². The Balaban J connectivity index is 1.52. The summed E-state index contributed by atoms with van der Waals surface area (Å²) in [5.74, 6) is -0.527. The minimum Gasteiger partial charge on any atom is -0.489 e. The molecule has 2 heterocycles. The smallest absolute Gasteiger partial charge is 0.243 e. The SMILES string of the molecule is CC(C)Oc1ccc(S(=O)(=O)N2CCCCC2)cc1NC(=O)C1CC(=O)N(Cc2ccccc2)C1. The first-order chi connectivity index (χ1) is 16.7. The zero-order chi connectivity index (χ0) is 25.0. The van der Waals surface area contributed by atoms with E-state index in [9.17, 15) is 18.0 Å². The highest BCUT2D eigenvalue weighted by molar-refractivity contribution is 7.89. The fourth-order valence-corrected chi connectivity index (χ4v) is 6.06. The summed E-state index contributed by atoms with van der Waals surface area (Å²) in [6, 6.07) is 14.2. The first-order valence-electron chi connectivity index (χ1n) is 12.2. The van der Waals surface area contributed by atoms with E-state index in [2.05, 4.69) is 5.32 Å². The molecule has 0 spiro atoms. The predicted octanol–water partition coefficient (Wildman–Crippen LogP) is 3.64. The van der Waals surface area contributed by atoms with Gasteiger partial charge in [-0.05, 0) is 50.5 Å². The second-order valence-corrected chi connectivity index (χ2v) is 11.4. The van der Waals surface area contributed by atoms with Gasteiger partial charge in [-0.2, -0.15) is 4.31 Å². The van der Waals surface area contributed by atoms with Crippen LogP contribution in [-0.4, -0.2) is 55.2 Å². The standard InChI is InChI=1S/C26H33N3O5S/c1-19(2)34-24-12-11-22(35(32,33)29-13-7-4-8-14-29)16-23(24)27-26(31)21-15-25(30)28(18-21)17-20-9-5-3-6-10-20/h3,5-6,9-12,16,19,21H,4,7-8,13-15,17-18H2,1-2H3,(H,27,31). The maximum atomic E-state index is 13.2. The van der Waals surface area contributed by atoms with Gasteiger partial charge in [0.2, 0.25) is 21.8 Å². The number of hydrogen-bond acceptors (Lipinski definition) is 5. The number of sulfonamides is 1. The maximum absolute atomic E-state index is 13.2. The van der Waals surface area contributed by atoms with Gasteiger partial charge in [0.25, 0.3) is 0 Å². The van der Waals surface area contributed by atoms with Crippen molar-refractivity contribution in [3.63, 3.8) is 0 Å². The average Bonchev–Trinajstić information content (AvgIpc) is 3.21. The third kappa shape index (κ3) is 6.02. The van der Waals surface area contributed by atoms with Gasteiger partial charge in [-0.3, -0.25) is 9.59 Å². The van der Waals surface area contributed by atoms with E-state index < -0.39 is 15.9 Å². The molecule has 1 unspecified atom stereocenters. The van der Waals surface area contributed by atoms with E-state index in [1.807, 2.05) is 44.2 Å². The van der Waals surface area contributed by atoms with Crippen LogP contribution in [0.5, 0.6) is 5.75 Å². The Kier molecular flexibility index (Phi) is 7.76. The fraction of sp³-hybridized carbons (Fsp3) is 0.462. The quantitative estimate of drug-likeness (QED) is 0.598. The Morgan fingerprint density at radius 2 is 1.80 bits per heavy atom. The van der Waals surface area contributed by atoms with E-state index in [0.717, 1.165) is 24.8 Å². The van der Waals surface area contributed by atoms with Crippen molar-refractivity contribution in [3.8, 4) is 5.75 Å². The average molecular weight is 500 g/mol. The van der Waals surface area contributed by atoms with E-state index in [-0.39, 0.29) is 29.2 Å². The van der Waals surface area contributed by atoms with E-state index in [4.69, 9.17) is 4.74 Å². The van der Waals surface area contributed by atoms with Crippen molar-refractivity contribution in [1.82, 2.24) is 9.21 Å². The molecule has 2 fully saturated rings. The molecule has 2 aliphatic heterocycles. The van der Waals surface area contributed by atoms with Gasteiger partial charge in [0.05, 0.1) is 22.6 Å². The molecule has 35 heavy (non-hydrogen) atoms. The lowest BCUT2D eigenvalue weighted by Gasteiger charge is -2.26. The molecule has 0 radical (unpaired) electrons. The predicted molar refractivity (Wildman–Crippen MR) is 133 cm³/mol. The van der Waals surface area contributed by atoms with Crippen molar-refractivity contribution in [3.05, 3.63) is 54.1 Å². The largest absolute Gasteiger partial charge is 0.489 e. The van der Waals surface area contributed by atoms with Gasteiger partial charge >= 0.3 is 0 Å². The lowest BCUT2D eigenvalue weighted by molar-refractivity contribution is -0.128. The normalized spacial score (nSPS) is 19.2. The van der Waals surface area contributed by atoms with Crippen LogP contribution in [-0.2, 0) is 26.2 Å². The second-order valence-electron chi connectivity index (χ2n) is 9.44. The number of ether oxygens (including phenoxy) is 1. The molecule has 0 aliphatic carbocycles. The molecule has 0 aromatic heterocycles. The second kappa shape index (κ2) is 10.8. The molecular formula is C26H33N3O5S. The zero-order valence-corrected chi connectivity index (χ0v) is 21.1. The highest BCUT2D eigenvalue weighted by Gasteiger charge is 2.35. The molecule has 2 saturated heterocycles. The number of benzene rings is 2. The van der Waals surface area contributed by atoms with Gasteiger partial charge in [-0.25, -0.2) is 8.42 Å². The lowest BCUT2D eigenvalue weighted by atomic mass is 10.1. The number of likely N-dealkylation sites (tertiary alicyclic amines) is 1. The van der Waals surface area contributed by atoms with Crippen LogP contribution in [0.2, 0.25) is 0 Å². The molecular weight excluding hydrogens is 466 g/mol. The third-order valence-electron chi connectivity index (χ3n) is 6.33. The zero-order valence-electron chi connectivity index (χ0n) is 20.3. The Morgan fingerprint density at radius 3 is 2.49 bits per heavy atom. The van der Waals surface area contributed by atoms with Gasteiger partial charge < -0.3 is 15.0 Å². The molecule has 2 aromatic rings. The lowest BCUT2D eigenvalue weighted by Crippen LogP contribution is -2.35. The summed E-state index contributed by atoms with van der Waals surface area (Å²) in [5.41, 5.74) is 1.31. The molecule has 1 atom stereocenters. The molecule has 1 N–H and O–H groups in total. The number of rotatable bonds is 8. The molecule has 0 saturated carbocycles. The molecule has 0 bridgehead atoms. The monoisotopic (exact) mass is 499 g/mol. The van der Waals surface area contributed by atoms with Crippen LogP contribution in [0.15, 0.2) is 53.4 Å². The molecule has 188 valence electrons. The number of anilines is 1. The summed E-state index contributed by atoms with van der Waals surface area (Å²) < 4.78 is 33.7. The number of nitrogens with one attached hydrogen (secondary N) is 1. The summed E-state index contributed by atoms with van der Waals surface area (Å²) in [7, 11) is -3.67. The summed E-state index contributed by atoms with van der Waals surface area (Å²) in [6.45, 7) is 5.48. The van der Waals surface area contributed by atoms with E-state index in [0.29, 0.717) is 37.6 Å². The van der Waals surface area contributed by atoms with Crippen molar-refractivity contribution in [2.75, 3.05) is 25.0 Å². The summed E-state index contributed by atoms with van der Waals surface area (Å²) in [4.78, 5) is 27.5. The summed E-state index contributed by atoms with van der Waals surface area (Å²) >= 11 is 0. The number of carbonyl (C=O) groups is 2. The topological polar surface area (TPSA) is 96.0 Å². The van der Waals surface area contributed by atoms with Crippen LogP contribution in [0, 0.1) is 5.92 Å². The number of amides is 2. The maximum Gasteiger partial charge on any atom is 0.243 e. The highest BCUT2D eigenvalue weighted by atomic mass is 32.2. The molecule has 4 rings (SSSR count). The van der Waals surface area contributed by atoms with Crippen LogP contribution in [0.4, 0.5) is 5.69 Å². The van der Waals surface area contributed by atoms with Crippen molar-refractivity contribution < 1.29 is 22.7 Å². The molecule has 2 aliphatic rings. The molecule has 2 aromatic carbocycles. The van der Waals surface area contributed by atoms with Gasteiger partial charge in [0.1, 0.15) is 5.75 Å². The minimum absolute atomic E-state index is 0.0749. The Morgan fingerprint density at radius 1 is 1.09 bits per heavy atom. The fourth-order valence-electron chi connectivity index (χ4n) is 4.52. The van der Waals surface area contributed by atoms with E-state index >= 15 is 0 Å². The number of hydrogen-bond donors (Lipinski definition) is 1. The third-order valence-corrected chi connectivity index (χ3v) is 8.22. The summed E-state index contributed by atoms with van der Waals surface area (Å²) in [5, 5.41) is 2.85. The van der Waals surface area contributed by atoms with Crippen molar-refractivity contribution >= 4 is 27.5 Å². The van der Waals surface area contributed by atoms with Crippen molar-refractivity contribution in [2.24, 2.45) is 5.92 Å². The number of piperidine rings is 1.